The number of rotatable bonds is 3. The fourth-order valence-corrected chi connectivity index (χ4v) is 2.38. The quantitative estimate of drug-likeness (QED) is 0.777. The number of ether oxygens (including phenoxy) is 1. The fraction of sp³-hybridized carbons (Fsp3) is 0.235. The van der Waals surface area contributed by atoms with E-state index in [9.17, 15) is 4.79 Å². The Kier molecular flexibility index (Phi) is 4.15. The third-order valence-corrected chi connectivity index (χ3v) is 3.81. The molecule has 0 heterocycles. The molecule has 0 radical (unpaired) electrons. The summed E-state index contributed by atoms with van der Waals surface area (Å²) in [6, 6.07) is 9.10. The molecule has 2 rings (SSSR count). The summed E-state index contributed by atoms with van der Waals surface area (Å²) in [6.07, 6.45) is 0. The summed E-state index contributed by atoms with van der Waals surface area (Å²) in [7, 11) is 1.60. The lowest BCUT2D eigenvalue weighted by atomic mass is 9.98. The Morgan fingerprint density at radius 1 is 1.00 bits per heavy atom. The van der Waals surface area contributed by atoms with Crippen LogP contribution in [0.5, 0.6) is 5.75 Å². The number of carbonyl (C=O) groups excluding carboxylic acids is 1. The average Bonchev–Trinajstić information content (AvgIpc) is 2.42. The molecule has 0 aliphatic rings. The van der Waals surface area contributed by atoms with E-state index in [-0.39, 0.29) is 5.78 Å². The molecule has 0 spiro atoms. The van der Waals surface area contributed by atoms with Crippen molar-refractivity contribution in [3.8, 4) is 5.75 Å². The molecule has 0 saturated heterocycles. The van der Waals surface area contributed by atoms with Gasteiger partial charge >= 0.3 is 0 Å². The summed E-state index contributed by atoms with van der Waals surface area (Å²) in [4.78, 5) is 12.6. The highest BCUT2D eigenvalue weighted by Gasteiger charge is 2.15. The molecular formula is C17H17ClO2. The van der Waals surface area contributed by atoms with E-state index in [1.54, 1.807) is 19.2 Å². The smallest absolute Gasteiger partial charge is 0.194 e. The molecule has 0 atom stereocenters. The Bertz CT molecular complexity index is 675. The highest BCUT2D eigenvalue weighted by atomic mass is 35.5. The number of methoxy groups -OCH3 is 1. The van der Waals surface area contributed by atoms with Gasteiger partial charge in [-0.1, -0.05) is 23.7 Å². The van der Waals surface area contributed by atoms with Gasteiger partial charge in [-0.25, -0.2) is 0 Å². The molecule has 0 bridgehead atoms. The lowest BCUT2D eigenvalue weighted by molar-refractivity contribution is 0.103. The lowest BCUT2D eigenvalue weighted by Crippen LogP contribution is -2.04. The summed E-state index contributed by atoms with van der Waals surface area (Å²) in [5.74, 6) is 0.618. The van der Waals surface area contributed by atoms with E-state index in [0.717, 1.165) is 16.7 Å². The molecule has 0 saturated carbocycles. The number of hydrogen-bond donors (Lipinski definition) is 0. The van der Waals surface area contributed by atoms with Crippen LogP contribution in [0.25, 0.3) is 0 Å². The number of benzene rings is 2. The normalized spacial score (nSPS) is 10.4. The largest absolute Gasteiger partial charge is 0.496 e. The predicted molar refractivity (Wildman–Crippen MR) is 82.1 cm³/mol. The van der Waals surface area contributed by atoms with E-state index >= 15 is 0 Å². The molecule has 0 aliphatic carbocycles. The van der Waals surface area contributed by atoms with E-state index in [1.165, 1.54) is 0 Å². The van der Waals surface area contributed by atoms with Crippen LogP contribution >= 0.6 is 11.6 Å². The predicted octanol–water partition coefficient (Wildman–Crippen LogP) is 4.50. The van der Waals surface area contributed by atoms with Gasteiger partial charge in [0.05, 0.1) is 12.1 Å². The first-order valence-corrected chi connectivity index (χ1v) is 6.78. The molecule has 0 aromatic heterocycles. The van der Waals surface area contributed by atoms with Crippen LogP contribution in [0.3, 0.4) is 0 Å². The van der Waals surface area contributed by atoms with E-state index in [4.69, 9.17) is 16.3 Å². The topological polar surface area (TPSA) is 26.3 Å². The summed E-state index contributed by atoms with van der Waals surface area (Å²) < 4.78 is 5.26. The molecule has 2 nitrogen and oxygen atoms in total. The second-order valence-electron chi connectivity index (χ2n) is 4.93. The summed E-state index contributed by atoms with van der Waals surface area (Å²) >= 11 is 6.20. The molecular weight excluding hydrogens is 272 g/mol. The maximum absolute atomic E-state index is 12.6. The average molecular weight is 289 g/mol. The maximum Gasteiger partial charge on any atom is 0.194 e. The lowest BCUT2D eigenvalue weighted by Gasteiger charge is -2.10. The molecule has 0 N–H and O–H groups in total. The molecule has 2 aromatic carbocycles. The minimum absolute atomic E-state index is 0.0867. The van der Waals surface area contributed by atoms with Crippen molar-refractivity contribution in [2.24, 2.45) is 0 Å². The van der Waals surface area contributed by atoms with E-state index in [1.807, 2.05) is 39.0 Å². The first-order chi connectivity index (χ1) is 9.43. The second kappa shape index (κ2) is 5.68. The van der Waals surface area contributed by atoms with Gasteiger partial charge in [0.15, 0.2) is 5.78 Å². The molecule has 20 heavy (non-hydrogen) atoms. The van der Waals surface area contributed by atoms with Crippen molar-refractivity contribution in [2.45, 2.75) is 20.8 Å². The molecule has 0 fully saturated rings. The highest BCUT2D eigenvalue weighted by Crippen LogP contribution is 2.26. The van der Waals surface area contributed by atoms with Gasteiger partial charge in [-0.2, -0.15) is 0 Å². The fourth-order valence-electron chi connectivity index (χ4n) is 2.07. The van der Waals surface area contributed by atoms with Crippen molar-refractivity contribution < 1.29 is 9.53 Å². The molecule has 0 amide bonds. The summed E-state index contributed by atoms with van der Waals surface area (Å²) in [5.41, 5.74) is 4.23. The minimum Gasteiger partial charge on any atom is -0.496 e. The monoisotopic (exact) mass is 288 g/mol. The SMILES string of the molecule is COc1cc(C(=O)c2cc(C)c(C)cc2Cl)ccc1C. The van der Waals surface area contributed by atoms with Crippen LogP contribution in [-0.4, -0.2) is 12.9 Å². The van der Waals surface area contributed by atoms with E-state index in [0.29, 0.717) is 21.9 Å². The Morgan fingerprint density at radius 2 is 1.65 bits per heavy atom. The minimum atomic E-state index is -0.0867. The molecule has 2 aromatic rings. The van der Waals surface area contributed by atoms with Crippen LogP contribution in [-0.2, 0) is 0 Å². The number of ketones is 1. The van der Waals surface area contributed by atoms with Gasteiger partial charge in [0.1, 0.15) is 5.75 Å². The summed E-state index contributed by atoms with van der Waals surface area (Å²) in [5, 5.41) is 0.484. The number of hydrogen-bond acceptors (Lipinski definition) is 2. The van der Waals surface area contributed by atoms with Crippen LogP contribution in [0.2, 0.25) is 5.02 Å². The molecule has 0 aliphatic heterocycles. The van der Waals surface area contributed by atoms with Gasteiger partial charge < -0.3 is 4.74 Å². The van der Waals surface area contributed by atoms with Gasteiger partial charge in [0, 0.05) is 11.1 Å². The van der Waals surface area contributed by atoms with Crippen molar-refractivity contribution in [2.75, 3.05) is 7.11 Å². The van der Waals surface area contributed by atoms with Crippen molar-refractivity contribution in [1.82, 2.24) is 0 Å². The van der Waals surface area contributed by atoms with Crippen LogP contribution < -0.4 is 4.74 Å². The zero-order chi connectivity index (χ0) is 14.9. The van der Waals surface area contributed by atoms with Gasteiger partial charge in [0.2, 0.25) is 0 Å². The van der Waals surface area contributed by atoms with Crippen LogP contribution in [0.4, 0.5) is 0 Å². The van der Waals surface area contributed by atoms with Gasteiger partial charge in [-0.3, -0.25) is 4.79 Å². The molecule has 0 unspecified atom stereocenters. The number of aryl methyl sites for hydroxylation is 3. The Balaban J connectivity index is 2.49. The van der Waals surface area contributed by atoms with Crippen molar-refractivity contribution >= 4 is 17.4 Å². The van der Waals surface area contributed by atoms with Gasteiger partial charge in [-0.05, 0) is 55.7 Å². The van der Waals surface area contributed by atoms with Crippen LogP contribution in [0, 0.1) is 20.8 Å². The Hall–Kier alpha value is -1.80. The first kappa shape index (κ1) is 14.6. The molecule has 3 heteroatoms. The van der Waals surface area contributed by atoms with Crippen LogP contribution in [0.15, 0.2) is 30.3 Å². The maximum atomic E-state index is 12.6. The van der Waals surface area contributed by atoms with Gasteiger partial charge in [-0.15, -0.1) is 0 Å². The Morgan fingerprint density at radius 3 is 2.30 bits per heavy atom. The second-order valence-corrected chi connectivity index (χ2v) is 5.34. The zero-order valence-electron chi connectivity index (χ0n) is 12.1. The van der Waals surface area contributed by atoms with Gasteiger partial charge in [0.25, 0.3) is 0 Å². The standard InChI is InChI=1S/C17H17ClO2/c1-10-5-6-13(9-16(10)20-4)17(19)14-7-11(2)12(3)8-15(14)18/h5-9H,1-4H3. The van der Waals surface area contributed by atoms with E-state index in [2.05, 4.69) is 0 Å². The third-order valence-electron chi connectivity index (χ3n) is 3.50. The number of carbonyl (C=O) groups is 1. The Labute approximate surface area is 124 Å². The van der Waals surface area contributed by atoms with Crippen molar-refractivity contribution in [3.63, 3.8) is 0 Å². The summed E-state index contributed by atoms with van der Waals surface area (Å²) in [6.45, 7) is 5.89. The number of halogens is 1. The van der Waals surface area contributed by atoms with Crippen molar-refractivity contribution in [3.05, 3.63) is 63.2 Å². The first-order valence-electron chi connectivity index (χ1n) is 6.40. The third kappa shape index (κ3) is 2.70. The van der Waals surface area contributed by atoms with E-state index < -0.39 is 0 Å². The zero-order valence-corrected chi connectivity index (χ0v) is 12.8. The molecule has 104 valence electrons. The van der Waals surface area contributed by atoms with Crippen molar-refractivity contribution in [1.29, 1.82) is 0 Å². The van der Waals surface area contributed by atoms with Crippen LogP contribution in [0.1, 0.15) is 32.6 Å². The highest BCUT2D eigenvalue weighted by molar-refractivity contribution is 6.35.